The topological polar surface area (TPSA) is 97.3 Å². The van der Waals surface area contributed by atoms with E-state index in [1.807, 2.05) is 43.3 Å². The third-order valence-electron chi connectivity index (χ3n) is 4.51. The van der Waals surface area contributed by atoms with Crippen molar-refractivity contribution in [2.24, 2.45) is 0 Å². The van der Waals surface area contributed by atoms with Gasteiger partial charge < -0.3 is 14.6 Å². The van der Waals surface area contributed by atoms with Gasteiger partial charge in [-0.3, -0.25) is 10.1 Å². The molecule has 0 amide bonds. The highest BCUT2D eigenvalue weighted by Crippen LogP contribution is 2.33. The van der Waals surface area contributed by atoms with Gasteiger partial charge in [-0.15, -0.1) is 0 Å². The van der Waals surface area contributed by atoms with Crippen molar-refractivity contribution >= 4 is 23.0 Å². The Bertz CT molecular complexity index is 1170. The number of furan rings is 1. The lowest BCUT2D eigenvalue weighted by Gasteiger charge is -2.11. The Hall–Kier alpha value is -4.20. The fraction of sp³-hybridized carbons (Fsp3) is 0.0909. The first-order valence-corrected chi connectivity index (χ1v) is 9.20. The van der Waals surface area contributed by atoms with Gasteiger partial charge in [0.25, 0.3) is 5.69 Å². The molecule has 8 heteroatoms. The van der Waals surface area contributed by atoms with Gasteiger partial charge in [0.15, 0.2) is 0 Å². The van der Waals surface area contributed by atoms with E-state index in [0.717, 1.165) is 16.8 Å². The van der Waals surface area contributed by atoms with Crippen LogP contribution in [0.3, 0.4) is 0 Å². The number of nitrogens with one attached hydrogen (secondary N) is 1. The van der Waals surface area contributed by atoms with Gasteiger partial charge in [0.2, 0.25) is 5.95 Å². The monoisotopic (exact) mass is 401 g/mol. The number of aromatic nitrogens is 2. The minimum absolute atomic E-state index is 0.0343. The molecule has 150 valence electrons. The molecule has 0 unspecified atom stereocenters. The molecule has 0 atom stereocenters. The summed E-state index contributed by atoms with van der Waals surface area (Å²) in [7, 11) is 3.76. The molecule has 8 nitrogen and oxygen atoms in total. The van der Waals surface area contributed by atoms with Crippen LogP contribution in [0.25, 0.3) is 22.5 Å². The number of hydrogen-bond acceptors (Lipinski definition) is 7. The van der Waals surface area contributed by atoms with Gasteiger partial charge in [0.05, 0.1) is 11.2 Å². The summed E-state index contributed by atoms with van der Waals surface area (Å²) in [6.07, 6.45) is 5.04. The Kier molecular flexibility index (Phi) is 5.13. The van der Waals surface area contributed by atoms with Crippen LogP contribution in [-0.2, 0) is 0 Å². The van der Waals surface area contributed by atoms with E-state index in [0.29, 0.717) is 23.0 Å². The quantitative estimate of drug-likeness (QED) is 0.354. The van der Waals surface area contributed by atoms with Crippen LogP contribution in [0.5, 0.6) is 0 Å². The van der Waals surface area contributed by atoms with Gasteiger partial charge in [-0.2, -0.15) is 0 Å². The Morgan fingerprint density at radius 1 is 0.967 bits per heavy atom. The van der Waals surface area contributed by atoms with Crippen molar-refractivity contribution in [3.8, 4) is 22.5 Å². The summed E-state index contributed by atoms with van der Waals surface area (Å²) in [5, 5.41) is 14.8. The molecule has 4 rings (SSSR count). The smallest absolute Gasteiger partial charge is 0.293 e. The van der Waals surface area contributed by atoms with Crippen LogP contribution in [0, 0.1) is 10.1 Å². The molecule has 0 spiro atoms. The lowest BCUT2D eigenvalue weighted by atomic mass is 10.1. The molecule has 0 radical (unpaired) electrons. The molecule has 0 fully saturated rings. The van der Waals surface area contributed by atoms with Crippen molar-refractivity contribution < 1.29 is 9.34 Å². The summed E-state index contributed by atoms with van der Waals surface area (Å²) >= 11 is 0. The van der Waals surface area contributed by atoms with Crippen molar-refractivity contribution in [2.75, 3.05) is 24.3 Å². The molecule has 0 saturated heterocycles. The lowest BCUT2D eigenvalue weighted by Crippen LogP contribution is -2.12. The van der Waals surface area contributed by atoms with Crippen LogP contribution in [0.15, 0.2) is 77.7 Å². The molecule has 0 aliphatic heterocycles. The fourth-order valence-electron chi connectivity index (χ4n) is 3.02. The van der Waals surface area contributed by atoms with Crippen molar-refractivity contribution in [1.29, 1.82) is 0 Å². The van der Waals surface area contributed by atoms with E-state index in [2.05, 4.69) is 15.3 Å². The summed E-state index contributed by atoms with van der Waals surface area (Å²) in [6, 6.07) is 16.0. The zero-order valence-electron chi connectivity index (χ0n) is 16.4. The molecule has 0 aliphatic rings. The number of hydrogen-bond donors (Lipinski definition) is 1. The Morgan fingerprint density at radius 2 is 1.77 bits per heavy atom. The van der Waals surface area contributed by atoms with Crippen LogP contribution in [0.2, 0.25) is 0 Å². The highest BCUT2D eigenvalue weighted by molar-refractivity contribution is 5.77. The number of rotatable bonds is 6. The van der Waals surface area contributed by atoms with E-state index < -0.39 is 4.92 Å². The summed E-state index contributed by atoms with van der Waals surface area (Å²) in [4.78, 5) is 21.7. The van der Waals surface area contributed by atoms with Gasteiger partial charge in [0, 0.05) is 49.4 Å². The van der Waals surface area contributed by atoms with Crippen LogP contribution in [-0.4, -0.2) is 29.0 Å². The molecule has 30 heavy (non-hydrogen) atoms. The summed E-state index contributed by atoms with van der Waals surface area (Å²) in [5.74, 6) is 1.20. The van der Waals surface area contributed by atoms with Gasteiger partial charge in [-0.1, -0.05) is 12.1 Å². The number of anilines is 3. The predicted octanol–water partition coefficient (Wildman–Crippen LogP) is 5.12. The SMILES string of the molecule is CN(C)c1ncc(-c2cccc(Nc3ccc(-c4ccco4)cc3[N+](=O)[O-])c2)cn1. The van der Waals surface area contributed by atoms with Crippen molar-refractivity contribution in [2.45, 2.75) is 0 Å². The highest BCUT2D eigenvalue weighted by Gasteiger charge is 2.17. The van der Waals surface area contributed by atoms with Crippen LogP contribution >= 0.6 is 0 Å². The lowest BCUT2D eigenvalue weighted by molar-refractivity contribution is -0.383. The molecule has 0 saturated carbocycles. The molecular weight excluding hydrogens is 382 g/mol. The van der Waals surface area contributed by atoms with E-state index in [1.54, 1.807) is 36.7 Å². The summed E-state index contributed by atoms with van der Waals surface area (Å²) < 4.78 is 5.34. The van der Waals surface area contributed by atoms with E-state index in [9.17, 15) is 10.1 Å². The predicted molar refractivity (Wildman–Crippen MR) is 116 cm³/mol. The zero-order valence-corrected chi connectivity index (χ0v) is 16.4. The minimum atomic E-state index is -0.410. The number of nitro benzene ring substituents is 1. The number of nitrogens with zero attached hydrogens (tertiary/aromatic N) is 4. The Labute approximate surface area is 173 Å². The average Bonchev–Trinajstić information content (AvgIpc) is 3.29. The van der Waals surface area contributed by atoms with E-state index in [4.69, 9.17) is 4.42 Å². The fourth-order valence-corrected chi connectivity index (χ4v) is 3.02. The third-order valence-corrected chi connectivity index (χ3v) is 4.51. The number of benzene rings is 2. The van der Waals surface area contributed by atoms with E-state index in [1.165, 1.54) is 12.3 Å². The zero-order chi connectivity index (χ0) is 21.1. The minimum Gasteiger partial charge on any atom is -0.464 e. The Morgan fingerprint density at radius 3 is 2.43 bits per heavy atom. The second-order valence-corrected chi connectivity index (χ2v) is 6.84. The van der Waals surface area contributed by atoms with Gasteiger partial charge >= 0.3 is 0 Å². The third kappa shape index (κ3) is 3.97. The van der Waals surface area contributed by atoms with Gasteiger partial charge in [0.1, 0.15) is 11.4 Å². The maximum Gasteiger partial charge on any atom is 0.293 e. The maximum absolute atomic E-state index is 11.6. The standard InChI is InChI=1S/C22H19N5O3/c1-26(2)22-23-13-17(14-24-22)15-5-3-6-18(11-15)25-19-9-8-16(12-20(19)27(28)29)21-7-4-10-30-21/h3-14,25H,1-2H3. The van der Waals surface area contributed by atoms with Gasteiger partial charge in [-0.25, -0.2) is 9.97 Å². The Balaban J connectivity index is 1.63. The molecule has 1 N–H and O–H groups in total. The normalized spacial score (nSPS) is 10.6. The molecule has 2 heterocycles. The first-order valence-electron chi connectivity index (χ1n) is 9.20. The summed E-state index contributed by atoms with van der Waals surface area (Å²) in [6.45, 7) is 0. The highest BCUT2D eigenvalue weighted by atomic mass is 16.6. The van der Waals surface area contributed by atoms with E-state index >= 15 is 0 Å². The van der Waals surface area contributed by atoms with Crippen LogP contribution in [0.4, 0.5) is 23.0 Å². The number of nitro groups is 1. The average molecular weight is 401 g/mol. The largest absolute Gasteiger partial charge is 0.464 e. The van der Waals surface area contributed by atoms with Crippen molar-refractivity contribution in [3.63, 3.8) is 0 Å². The second kappa shape index (κ2) is 8.04. The molecular formula is C22H19N5O3. The van der Waals surface area contributed by atoms with Crippen LogP contribution < -0.4 is 10.2 Å². The molecule has 2 aromatic heterocycles. The maximum atomic E-state index is 11.6. The molecule has 0 aliphatic carbocycles. The molecule has 2 aromatic carbocycles. The van der Waals surface area contributed by atoms with Gasteiger partial charge in [-0.05, 0) is 42.0 Å². The van der Waals surface area contributed by atoms with E-state index in [-0.39, 0.29) is 5.69 Å². The van der Waals surface area contributed by atoms with Crippen LogP contribution in [0.1, 0.15) is 0 Å². The summed E-state index contributed by atoms with van der Waals surface area (Å²) in [5.41, 5.74) is 3.48. The second-order valence-electron chi connectivity index (χ2n) is 6.84. The molecule has 4 aromatic rings. The first kappa shape index (κ1) is 19.1. The molecule has 0 bridgehead atoms. The van der Waals surface area contributed by atoms with Crippen molar-refractivity contribution in [3.05, 3.63) is 83.4 Å². The first-order chi connectivity index (χ1) is 14.5. The van der Waals surface area contributed by atoms with Crippen molar-refractivity contribution in [1.82, 2.24) is 9.97 Å².